The molecule has 1 aliphatic carbocycles. The first kappa shape index (κ1) is 18.4. The van der Waals surface area contributed by atoms with Crippen molar-refractivity contribution < 1.29 is 14.4 Å². The minimum atomic E-state index is -0.215. The molecule has 1 saturated heterocycles. The van der Waals surface area contributed by atoms with E-state index in [4.69, 9.17) is 0 Å². The van der Waals surface area contributed by atoms with Crippen LogP contribution in [0.5, 0.6) is 0 Å². The Bertz CT molecular complexity index is 925. The van der Waals surface area contributed by atoms with Gasteiger partial charge in [0, 0.05) is 11.3 Å². The predicted molar refractivity (Wildman–Crippen MR) is 108 cm³/mol. The molecule has 5 heteroatoms. The van der Waals surface area contributed by atoms with Crippen molar-refractivity contribution in [3.8, 4) is 0 Å². The summed E-state index contributed by atoms with van der Waals surface area (Å²) in [6.45, 7) is 3.97. The van der Waals surface area contributed by atoms with E-state index in [0.29, 0.717) is 11.3 Å². The fourth-order valence-electron chi connectivity index (χ4n) is 4.26. The number of fused-ring (bicyclic) bond motifs is 1. The van der Waals surface area contributed by atoms with Gasteiger partial charge in [-0.05, 0) is 68.1 Å². The molecule has 2 aromatic carbocycles. The van der Waals surface area contributed by atoms with Gasteiger partial charge in [-0.2, -0.15) is 0 Å². The zero-order chi connectivity index (χ0) is 19.8. The zero-order valence-corrected chi connectivity index (χ0v) is 16.2. The predicted octanol–water partition coefficient (Wildman–Crippen LogP) is 4.24. The summed E-state index contributed by atoms with van der Waals surface area (Å²) in [4.78, 5) is 39.3. The van der Waals surface area contributed by atoms with Crippen molar-refractivity contribution in [3.63, 3.8) is 0 Å². The van der Waals surface area contributed by atoms with Crippen LogP contribution in [-0.4, -0.2) is 17.7 Å². The van der Waals surface area contributed by atoms with E-state index in [9.17, 15) is 14.4 Å². The third-order valence-corrected chi connectivity index (χ3v) is 6.08. The lowest BCUT2D eigenvalue weighted by atomic mass is 9.81. The van der Waals surface area contributed by atoms with E-state index in [1.54, 1.807) is 24.3 Å². The van der Waals surface area contributed by atoms with Crippen molar-refractivity contribution in [1.29, 1.82) is 0 Å². The Kier molecular flexibility index (Phi) is 4.75. The molecule has 3 amide bonds. The Morgan fingerprint density at radius 1 is 0.929 bits per heavy atom. The molecule has 2 unspecified atom stereocenters. The Labute approximate surface area is 164 Å². The van der Waals surface area contributed by atoms with Crippen LogP contribution in [-0.2, 0) is 9.59 Å². The van der Waals surface area contributed by atoms with Crippen molar-refractivity contribution in [3.05, 3.63) is 59.2 Å². The molecule has 2 aliphatic rings. The number of hydrogen-bond acceptors (Lipinski definition) is 3. The summed E-state index contributed by atoms with van der Waals surface area (Å²) in [5, 5.41) is 2.93. The van der Waals surface area contributed by atoms with Gasteiger partial charge in [-0.3, -0.25) is 19.3 Å². The summed E-state index contributed by atoms with van der Waals surface area (Å²) in [6, 6.07) is 12.5. The Balaban J connectivity index is 1.52. The molecule has 1 saturated carbocycles. The minimum absolute atomic E-state index is 0.0951. The average molecular weight is 376 g/mol. The number of carbonyl (C=O) groups is 3. The number of imide groups is 1. The SMILES string of the molecule is Cc1cccc(NC(=O)c2ccc(N3C(=O)C4CCCCC4C3=O)cc2)c1C. The monoisotopic (exact) mass is 376 g/mol. The lowest BCUT2D eigenvalue weighted by molar-refractivity contribution is -0.122. The normalized spacial score (nSPS) is 21.6. The number of nitrogens with zero attached hydrogens (tertiary/aromatic N) is 1. The van der Waals surface area contributed by atoms with Gasteiger partial charge in [0.25, 0.3) is 5.91 Å². The van der Waals surface area contributed by atoms with Crippen LogP contribution in [0, 0.1) is 25.7 Å². The molecule has 2 atom stereocenters. The van der Waals surface area contributed by atoms with Crippen molar-refractivity contribution in [2.24, 2.45) is 11.8 Å². The summed E-state index contributed by atoms with van der Waals surface area (Å²) in [7, 11) is 0. The second-order valence-corrected chi connectivity index (χ2v) is 7.76. The molecular formula is C23H24N2O3. The number of benzene rings is 2. The summed E-state index contributed by atoms with van der Waals surface area (Å²) in [6.07, 6.45) is 3.60. The number of anilines is 2. The van der Waals surface area contributed by atoms with E-state index < -0.39 is 0 Å². The first-order valence-corrected chi connectivity index (χ1v) is 9.83. The molecule has 4 rings (SSSR count). The summed E-state index contributed by atoms with van der Waals surface area (Å²) < 4.78 is 0. The number of rotatable bonds is 3. The topological polar surface area (TPSA) is 66.5 Å². The van der Waals surface area contributed by atoms with Gasteiger partial charge in [-0.15, -0.1) is 0 Å². The average Bonchev–Trinajstić information content (AvgIpc) is 2.96. The van der Waals surface area contributed by atoms with Crippen LogP contribution >= 0.6 is 0 Å². The van der Waals surface area contributed by atoms with Gasteiger partial charge in [0.1, 0.15) is 0 Å². The summed E-state index contributed by atoms with van der Waals surface area (Å²) >= 11 is 0. The number of hydrogen-bond donors (Lipinski definition) is 1. The Hall–Kier alpha value is -2.95. The summed E-state index contributed by atoms with van der Waals surface area (Å²) in [5.41, 5.74) is 3.96. The summed E-state index contributed by atoms with van der Waals surface area (Å²) in [5.74, 6) is -0.750. The molecule has 2 aromatic rings. The van der Waals surface area contributed by atoms with E-state index in [1.807, 2.05) is 32.0 Å². The fraction of sp³-hybridized carbons (Fsp3) is 0.348. The highest BCUT2D eigenvalue weighted by molar-refractivity contribution is 6.22. The molecular weight excluding hydrogens is 352 g/mol. The van der Waals surface area contributed by atoms with Crippen LogP contribution in [0.15, 0.2) is 42.5 Å². The smallest absolute Gasteiger partial charge is 0.255 e. The van der Waals surface area contributed by atoms with E-state index in [-0.39, 0.29) is 29.6 Å². The molecule has 0 aromatic heterocycles. The third-order valence-electron chi connectivity index (χ3n) is 6.08. The van der Waals surface area contributed by atoms with Crippen LogP contribution in [0.2, 0.25) is 0 Å². The van der Waals surface area contributed by atoms with Crippen LogP contribution in [0.3, 0.4) is 0 Å². The van der Waals surface area contributed by atoms with Crippen molar-refractivity contribution in [2.45, 2.75) is 39.5 Å². The maximum atomic E-state index is 12.7. The highest BCUT2D eigenvalue weighted by atomic mass is 16.2. The van der Waals surface area contributed by atoms with Crippen LogP contribution in [0.25, 0.3) is 0 Å². The second-order valence-electron chi connectivity index (χ2n) is 7.76. The van der Waals surface area contributed by atoms with Crippen LogP contribution < -0.4 is 10.2 Å². The molecule has 0 radical (unpaired) electrons. The number of carbonyl (C=O) groups excluding carboxylic acids is 3. The molecule has 1 heterocycles. The van der Waals surface area contributed by atoms with Crippen molar-refractivity contribution in [1.82, 2.24) is 0 Å². The zero-order valence-electron chi connectivity index (χ0n) is 16.2. The van der Waals surface area contributed by atoms with Gasteiger partial charge in [0.05, 0.1) is 17.5 Å². The molecule has 144 valence electrons. The minimum Gasteiger partial charge on any atom is -0.322 e. The maximum absolute atomic E-state index is 12.7. The van der Waals surface area contributed by atoms with Gasteiger partial charge in [-0.25, -0.2) is 0 Å². The first-order valence-electron chi connectivity index (χ1n) is 9.83. The molecule has 2 fully saturated rings. The maximum Gasteiger partial charge on any atom is 0.255 e. The molecule has 1 N–H and O–H groups in total. The Morgan fingerprint density at radius 3 is 2.14 bits per heavy atom. The fourth-order valence-corrected chi connectivity index (χ4v) is 4.26. The van der Waals surface area contributed by atoms with Gasteiger partial charge >= 0.3 is 0 Å². The molecule has 0 bridgehead atoms. The largest absolute Gasteiger partial charge is 0.322 e. The van der Waals surface area contributed by atoms with Gasteiger partial charge in [0.15, 0.2) is 0 Å². The molecule has 1 aliphatic heterocycles. The number of nitrogens with one attached hydrogen (secondary N) is 1. The number of aryl methyl sites for hydroxylation is 1. The Morgan fingerprint density at radius 2 is 1.54 bits per heavy atom. The van der Waals surface area contributed by atoms with Crippen LogP contribution in [0.1, 0.15) is 47.2 Å². The molecule has 0 spiro atoms. The molecule has 5 nitrogen and oxygen atoms in total. The van der Waals surface area contributed by atoms with E-state index >= 15 is 0 Å². The number of amides is 3. The first-order chi connectivity index (χ1) is 13.5. The van der Waals surface area contributed by atoms with E-state index in [0.717, 1.165) is 42.5 Å². The highest BCUT2D eigenvalue weighted by Gasteiger charge is 2.48. The highest BCUT2D eigenvalue weighted by Crippen LogP contribution is 2.40. The van der Waals surface area contributed by atoms with Crippen molar-refractivity contribution >= 4 is 29.1 Å². The van der Waals surface area contributed by atoms with Gasteiger partial charge in [0.2, 0.25) is 11.8 Å². The quantitative estimate of drug-likeness (QED) is 0.815. The lowest BCUT2D eigenvalue weighted by Gasteiger charge is -2.19. The van der Waals surface area contributed by atoms with Gasteiger partial charge in [-0.1, -0.05) is 25.0 Å². The van der Waals surface area contributed by atoms with E-state index in [2.05, 4.69) is 5.32 Å². The second kappa shape index (κ2) is 7.23. The molecule has 28 heavy (non-hydrogen) atoms. The third kappa shape index (κ3) is 3.11. The van der Waals surface area contributed by atoms with Gasteiger partial charge < -0.3 is 5.32 Å². The lowest BCUT2D eigenvalue weighted by Crippen LogP contribution is -2.30. The van der Waals surface area contributed by atoms with E-state index in [1.165, 1.54) is 4.90 Å². The van der Waals surface area contributed by atoms with Crippen LogP contribution in [0.4, 0.5) is 11.4 Å². The standard InChI is InChI=1S/C23H24N2O3/c1-14-6-5-9-20(15(14)2)24-21(26)16-10-12-17(13-11-16)25-22(27)18-7-3-4-8-19(18)23(25)28/h5-6,9-13,18-19H,3-4,7-8H2,1-2H3,(H,24,26). The van der Waals surface area contributed by atoms with Crippen molar-refractivity contribution in [2.75, 3.05) is 10.2 Å².